The number of rotatable bonds is 3. The molecule has 0 amide bonds. The normalized spacial score (nSPS) is 13.9. The Morgan fingerprint density at radius 3 is 2.07 bits per heavy atom. The lowest BCUT2D eigenvalue weighted by atomic mass is 10.3. The Labute approximate surface area is 80.5 Å². The van der Waals surface area contributed by atoms with Crippen LogP contribution in [0.4, 0.5) is 26.3 Å². The molecule has 0 aliphatic carbocycles. The molecule has 8 heteroatoms. The first-order valence-electron chi connectivity index (χ1n) is 3.62. The number of esters is 1. The van der Waals surface area contributed by atoms with E-state index in [1.54, 1.807) is 0 Å². The third kappa shape index (κ3) is 3.80. The van der Waals surface area contributed by atoms with Crippen LogP contribution in [0.15, 0.2) is 11.9 Å². The summed E-state index contributed by atoms with van der Waals surface area (Å²) in [6.45, 7) is 0.908. The highest BCUT2D eigenvalue weighted by atomic mass is 19.4. The van der Waals surface area contributed by atoms with Gasteiger partial charge in [0.2, 0.25) is 5.83 Å². The van der Waals surface area contributed by atoms with E-state index < -0.39 is 30.0 Å². The highest BCUT2D eigenvalue weighted by Crippen LogP contribution is 2.37. The summed E-state index contributed by atoms with van der Waals surface area (Å²) in [5.74, 6) is -9.54. The molecule has 0 saturated carbocycles. The summed E-state index contributed by atoms with van der Waals surface area (Å²) < 4.78 is 75.1. The summed E-state index contributed by atoms with van der Waals surface area (Å²) in [6.07, 6.45) is -7.07. The van der Waals surface area contributed by atoms with Crippen LogP contribution in [0.2, 0.25) is 0 Å². The van der Waals surface area contributed by atoms with Gasteiger partial charge in [0, 0.05) is 6.08 Å². The molecule has 0 aliphatic heterocycles. The third-order valence-electron chi connectivity index (χ3n) is 1.16. The van der Waals surface area contributed by atoms with Crippen molar-refractivity contribution in [1.82, 2.24) is 0 Å². The van der Waals surface area contributed by atoms with Crippen LogP contribution in [-0.4, -0.2) is 24.7 Å². The van der Waals surface area contributed by atoms with Crippen LogP contribution < -0.4 is 0 Å². The van der Waals surface area contributed by atoms with Gasteiger partial charge in [0.15, 0.2) is 0 Å². The van der Waals surface area contributed by atoms with Crippen molar-refractivity contribution in [3.63, 3.8) is 0 Å². The van der Waals surface area contributed by atoms with Crippen LogP contribution in [0.5, 0.6) is 0 Å². The molecule has 0 heterocycles. The molecular formula is C7H6F6O2. The Morgan fingerprint density at radius 1 is 1.27 bits per heavy atom. The van der Waals surface area contributed by atoms with Gasteiger partial charge in [-0.1, -0.05) is 0 Å². The number of hydrogen-bond donors (Lipinski definition) is 0. The Balaban J connectivity index is 4.82. The molecule has 0 bridgehead atoms. The van der Waals surface area contributed by atoms with E-state index in [4.69, 9.17) is 0 Å². The van der Waals surface area contributed by atoms with Crippen molar-refractivity contribution < 1.29 is 35.9 Å². The maximum absolute atomic E-state index is 12.4. The van der Waals surface area contributed by atoms with Gasteiger partial charge in [-0.2, -0.15) is 26.3 Å². The van der Waals surface area contributed by atoms with Gasteiger partial charge < -0.3 is 4.74 Å². The molecule has 0 rings (SSSR count). The van der Waals surface area contributed by atoms with Crippen molar-refractivity contribution in [3.8, 4) is 0 Å². The van der Waals surface area contributed by atoms with Crippen molar-refractivity contribution in [1.29, 1.82) is 0 Å². The van der Waals surface area contributed by atoms with Gasteiger partial charge in [-0.25, -0.2) is 4.79 Å². The summed E-state index contributed by atoms with van der Waals surface area (Å²) in [7, 11) is 0. The second-order valence-corrected chi connectivity index (χ2v) is 2.33. The van der Waals surface area contributed by atoms with Crippen LogP contribution in [0, 0.1) is 0 Å². The standard InChI is InChI=1S/C7H6F6O2/c1-2-15-5(14)4(8)3-6(9,10)7(11,12)13/h3H,2H2,1H3/b4-3-. The molecule has 0 saturated heterocycles. The van der Waals surface area contributed by atoms with E-state index in [2.05, 4.69) is 4.74 Å². The van der Waals surface area contributed by atoms with E-state index >= 15 is 0 Å². The fourth-order valence-electron chi connectivity index (χ4n) is 0.500. The van der Waals surface area contributed by atoms with Gasteiger partial charge in [0.1, 0.15) is 0 Å². The minimum atomic E-state index is -5.95. The first-order valence-corrected chi connectivity index (χ1v) is 3.62. The maximum Gasteiger partial charge on any atom is 0.457 e. The number of carbonyl (C=O) groups excluding carboxylic acids is 1. The molecule has 15 heavy (non-hydrogen) atoms. The van der Waals surface area contributed by atoms with Gasteiger partial charge in [0.25, 0.3) is 0 Å². The van der Waals surface area contributed by atoms with Gasteiger partial charge in [-0.3, -0.25) is 0 Å². The lowest BCUT2D eigenvalue weighted by Gasteiger charge is -2.15. The maximum atomic E-state index is 12.4. The molecule has 0 unspecified atom stereocenters. The van der Waals surface area contributed by atoms with E-state index in [1.807, 2.05) is 0 Å². The SMILES string of the molecule is CCOC(=O)/C(F)=C/C(F)(F)C(F)(F)F. The fraction of sp³-hybridized carbons (Fsp3) is 0.571. The van der Waals surface area contributed by atoms with Gasteiger partial charge in [0.05, 0.1) is 6.61 Å². The molecular weight excluding hydrogens is 230 g/mol. The first kappa shape index (κ1) is 13.8. The Morgan fingerprint density at radius 2 is 1.73 bits per heavy atom. The number of halogens is 6. The van der Waals surface area contributed by atoms with Crippen LogP contribution >= 0.6 is 0 Å². The predicted molar refractivity (Wildman–Crippen MR) is 36.8 cm³/mol. The number of alkyl halides is 5. The van der Waals surface area contributed by atoms with Crippen molar-refractivity contribution >= 4 is 5.97 Å². The average molecular weight is 236 g/mol. The number of ether oxygens (including phenoxy) is 1. The van der Waals surface area contributed by atoms with Crippen molar-refractivity contribution in [3.05, 3.63) is 11.9 Å². The van der Waals surface area contributed by atoms with Crippen molar-refractivity contribution in [2.45, 2.75) is 19.0 Å². The predicted octanol–water partition coefficient (Wildman–Crippen LogP) is 2.60. The summed E-state index contributed by atoms with van der Waals surface area (Å²) in [4.78, 5) is 10.4. The second kappa shape index (κ2) is 4.54. The molecule has 0 radical (unpaired) electrons. The zero-order chi connectivity index (χ0) is 12.3. The summed E-state index contributed by atoms with van der Waals surface area (Å²) in [5.41, 5.74) is 0. The van der Waals surface area contributed by atoms with Crippen LogP contribution in [0.3, 0.4) is 0 Å². The molecule has 0 N–H and O–H groups in total. The highest BCUT2D eigenvalue weighted by molar-refractivity contribution is 5.86. The van der Waals surface area contributed by atoms with E-state index in [0.29, 0.717) is 0 Å². The Hall–Kier alpha value is -1.21. The number of allylic oxidation sites excluding steroid dienone is 1. The molecule has 0 fully saturated rings. The van der Waals surface area contributed by atoms with Crippen LogP contribution in [-0.2, 0) is 9.53 Å². The van der Waals surface area contributed by atoms with Gasteiger partial charge in [-0.05, 0) is 6.92 Å². The van der Waals surface area contributed by atoms with Crippen LogP contribution in [0.25, 0.3) is 0 Å². The topological polar surface area (TPSA) is 26.3 Å². The summed E-state index contributed by atoms with van der Waals surface area (Å²) in [6, 6.07) is 0. The zero-order valence-electron chi connectivity index (χ0n) is 7.37. The number of carbonyl (C=O) groups is 1. The van der Waals surface area contributed by atoms with Gasteiger partial charge in [-0.15, -0.1) is 0 Å². The van der Waals surface area contributed by atoms with E-state index in [9.17, 15) is 31.1 Å². The molecule has 0 aromatic carbocycles. The minimum absolute atomic E-state index is 0.336. The number of hydrogen-bond acceptors (Lipinski definition) is 2. The zero-order valence-corrected chi connectivity index (χ0v) is 7.37. The molecule has 0 atom stereocenters. The fourth-order valence-corrected chi connectivity index (χ4v) is 0.500. The minimum Gasteiger partial charge on any atom is -0.461 e. The summed E-state index contributed by atoms with van der Waals surface area (Å²) in [5, 5.41) is 0. The Kier molecular flexibility index (Phi) is 4.17. The van der Waals surface area contributed by atoms with Crippen molar-refractivity contribution in [2.75, 3.05) is 6.61 Å². The average Bonchev–Trinajstić information content (AvgIpc) is 2.01. The van der Waals surface area contributed by atoms with Gasteiger partial charge >= 0.3 is 18.1 Å². The molecule has 88 valence electrons. The van der Waals surface area contributed by atoms with Crippen molar-refractivity contribution in [2.24, 2.45) is 0 Å². The summed E-state index contributed by atoms with van der Waals surface area (Å²) >= 11 is 0. The quantitative estimate of drug-likeness (QED) is 0.427. The Bertz CT molecular complexity index is 267. The van der Waals surface area contributed by atoms with E-state index in [0.717, 1.165) is 0 Å². The largest absolute Gasteiger partial charge is 0.461 e. The molecule has 0 aliphatic rings. The molecule has 0 aromatic heterocycles. The smallest absolute Gasteiger partial charge is 0.457 e. The van der Waals surface area contributed by atoms with E-state index in [1.165, 1.54) is 6.92 Å². The molecule has 0 aromatic rings. The second-order valence-electron chi connectivity index (χ2n) is 2.33. The van der Waals surface area contributed by atoms with Crippen LogP contribution in [0.1, 0.15) is 6.92 Å². The first-order chi connectivity index (χ1) is 6.62. The lowest BCUT2D eigenvalue weighted by Crippen LogP contribution is -2.34. The van der Waals surface area contributed by atoms with E-state index in [-0.39, 0.29) is 6.61 Å². The highest BCUT2D eigenvalue weighted by Gasteiger charge is 2.56. The monoisotopic (exact) mass is 236 g/mol. The lowest BCUT2D eigenvalue weighted by molar-refractivity contribution is -0.259. The third-order valence-corrected chi connectivity index (χ3v) is 1.16. The molecule has 0 spiro atoms. The molecule has 2 nitrogen and oxygen atoms in total.